The molecule has 0 fully saturated rings. The van der Waals surface area contributed by atoms with Crippen LogP contribution >= 0.6 is 0 Å². The van der Waals surface area contributed by atoms with Crippen molar-refractivity contribution in [3.05, 3.63) is 45.3 Å². The molecule has 0 saturated heterocycles. The summed E-state index contributed by atoms with van der Waals surface area (Å²) in [4.78, 5) is 35.4. The summed E-state index contributed by atoms with van der Waals surface area (Å²) in [5, 5.41) is 0. The molecule has 0 saturated carbocycles. The maximum absolute atomic E-state index is 10.7. The van der Waals surface area contributed by atoms with Gasteiger partial charge in [-0.25, -0.2) is 19.7 Å². The summed E-state index contributed by atoms with van der Waals surface area (Å²) in [5.74, 6) is 0.426. The molecule has 0 aliphatic carbocycles. The zero-order valence-corrected chi connectivity index (χ0v) is 11.9. The molecular weight excluding hydrogens is 274 g/mol. The third-order valence-corrected chi connectivity index (χ3v) is 2.81. The van der Waals surface area contributed by atoms with E-state index in [-0.39, 0.29) is 11.2 Å². The number of H-pyrrole nitrogens is 1. The number of hydrogen-bond donors (Lipinski definition) is 2. The average Bonchev–Trinajstić information content (AvgIpc) is 2.81. The molecule has 0 unspecified atom stereocenters. The number of nitrogens with two attached hydrogens (primary N) is 1. The van der Waals surface area contributed by atoms with Gasteiger partial charge in [-0.1, -0.05) is 0 Å². The van der Waals surface area contributed by atoms with Crippen molar-refractivity contribution in [2.45, 2.75) is 6.92 Å². The Labute approximate surface area is 119 Å². The highest BCUT2D eigenvalue weighted by Crippen LogP contribution is 2.11. The zero-order valence-electron chi connectivity index (χ0n) is 11.9. The highest BCUT2D eigenvalue weighted by Gasteiger charge is 2.03. The zero-order chi connectivity index (χ0) is 15.6. The van der Waals surface area contributed by atoms with Crippen LogP contribution in [0.3, 0.4) is 0 Å². The smallest absolute Gasteiger partial charge is 0.328 e. The van der Waals surface area contributed by atoms with Crippen LogP contribution < -0.4 is 17.0 Å². The molecule has 3 aromatic heterocycles. The third kappa shape index (κ3) is 2.96. The molecule has 0 aliphatic heterocycles. The maximum Gasteiger partial charge on any atom is 0.328 e. The number of anilines is 1. The maximum atomic E-state index is 10.7. The van der Waals surface area contributed by atoms with Gasteiger partial charge < -0.3 is 14.9 Å². The van der Waals surface area contributed by atoms with E-state index in [4.69, 9.17) is 5.73 Å². The van der Waals surface area contributed by atoms with E-state index < -0.39 is 0 Å². The molecule has 0 aromatic carbocycles. The van der Waals surface area contributed by atoms with Crippen molar-refractivity contribution in [3.8, 4) is 0 Å². The van der Waals surface area contributed by atoms with Crippen LogP contribution in [-0.2, 0) is 14.1 Å². The van der Waals surface area contributed by atoms with Gasteiger partial charge in [0.2, 0.25) is 0 Å². The Morgan fingerprint density at radius 2 is 1.86 bits per heavy atom. The van der Waals surface area contributed by atoms with Gasteiger partial charge in [0.25, 0.3) is 5.56 Å². The van der Waals surface area contributed by atoms with Crippen molar-refractivity contribution in [1.82, 2.24) is 29.1 Å². The summed E-state index contributed by atoms with van der Waals surface area (Å²) in [6.07, 6.45) is 4.59. The van der Waals surface area contributed by atoms with E-state index in [1.54, 1.807) is 24.9 Å². The van der Waals surface area contributed by atoms with Crippen molar-refractivity contribution in [3.63, 3.8) is 0 Å². The van der Waals surface area contributed by atoms with E-state index in [2.05, 4.69) is 19.9 Å². The van der Waals surface area contributed by atoms with Gasteiger partial charge in [0.15, 0.2) is 11.5 Å². The minimum atomic E-state index is -0.379. The summed E-state index contributed by atoms with van der Waals surface area (Å²) >= 11 is 0. The van der Waals surface area contributed by atoms with Crippen molar-refractivity contribution in [2.75, 3.05) is 5.73 Å². The molecule has 0 bridgehead atoms. The lowest BCUT2D eigenvalue weighted by molar-refractivity contribution is 0.789. The first-order valence-corrected chi connectivity index (χ1v) is 6.04. The van der Waals surface area contributed by atoms with Crippen molar-refractivity contribution >= 4 is 17.0 Å². The molecule has 21 heavy (non-hydrogen) atoms. The van der Waals surface area contributed by atoms with Gasteiger partial charge in [-0.15, -0.1) is 0 Å². The van der Waals surface area contributed by atoms with E-state index in [1.165, 1.54) is 17.1 Å². The van der Waals surface area contributed by atoms with Crippen LogP contribution in [0, 0.1) is 6.92 Å². The van der Waals surface area contributed by atoms with Crippen LogP contribution in [0.2, 0.25) is 0 Å². The van der Waals surface area contributed by atoms with Crippen molar-refractivity contribution < 1.29 is 0 Å². The van der Waals surface area contributed by atoms with Crippen LogP contribution in [0.5, 0.6) is 0 Å². The Morgan fingerprint density at radius 1 is 1.14 bits per heavy atom. The lowest BCUT2D eigenvalue weighted by Crippen LogP contribution is -2.28. The van der Waals surface area contributed by atoms with Gasteiger partial charge in [-0.2, -0.15) is 0 Å². The summed E-state index contributed by atoms with van der Waals surface area (Å²) < 4.78 is 3.13. The Hall–Kier alpha value is -2.97. The molecule has 3 N–H and O–H groups in total. The number of rotatable bonds is 0. The number of nitrogen functional groups attached to an aromatic ring is 1. The number of fused-ring (bicyclic) bond motifs is 1. The molecule has 110 valence electrons. The molecule has 0 radical (unpaired) electrons. The fourth-order valence-corrected chi connectivity index (χ4v) is 1.66. The molecule has 3 rings (SSSR count). The average molecular weight is 289 g/mol. The summed E-state index contributed by atoms with van der Waals surface area (Å²) in [7, 11) is 3.45. The number of aromatic nitrogens is 6. The molecule has 3 heterocycles. The molecular formula is C12H15N7O2. The molecule has 0 spiro atoms. The predicted octanol–water partition coefficient (Wildman–Crippen LogP) is -0.672. The van der Waals surface area contributed by atoms with Crippen LogP contribution in [0.15, 0.2) is 28.4 Å². The monoisotopic (exact) mass is 289 g/mol. The second-order valence-corrected chi connectivity index (χ2v) is 4.47. The van der Waals surface area contributed by atoms with Gasteiger partial charge in [0.05, 0.1) is 6.33 Å². The van der Waals surface area contributed by atoms with E-state index in [9.17, 15) is 9.59 Å². The number of nitrogens with one attached hydrogen (secondary N) is 1. The number of hydrogen-bond acceptors (Lipinski definition) is 6. The number of aryl methyl sites for hydroxylation is 3. The second-order valence-electron chi connectivity index (χ2n) is 4.47. The van der Waals surface area contributed by atoms with Gasteiger partial charge >= 0.3 is 5.69 Å². The lowest BCUT2D eigenvalue weighted by Gasteiger charge is -1.94. The largest absolute Gasteiger partial charge is 0.382 e. The van der Waals surface area contributed by atoms with Gasteiger partial charge in [-0.05, 0) is 6.92 Å². The first kappa shape index (κ1) is 14.4. The first-order valence-electron chi connectivity index (χ1n) is 6.04. The van der Waals surface area contributed by atoms with Crippen LogP contribution in [0.25, 0.3) is 11.2 Å². The molecule has 3 aromatic rings. The fourth-order valence-electron chi connectivity index (χ4n) is 1.66. The Morgan fingerprint density at radius 3 is 2.48 bits per heavy atom. The highest BCUT2D eigenvalue weighted by molar-refractivity contribution is 5.80. The number of aromatic amines is 1. The topological polar surface area (TPSA) is 124 Å². The minimum Gasteiger partial charge on any atom is -0.382 e. The van der Waals surface area contributed by atoms with Gasteiger partial charge in [-0.3, -0.25) is 9.78 Å². The normalized spacial score (nSPS) is 10.2. The molecule has 9 heteroatoms. The third-order valence-electron chi connectivity index (χ3n) is 2.81. The van der Waals surface area contributed by atoms with Crippen molar-refractivity contribution in [2.24, 2.45) is 14.1 Å². The van der Waals surface area contributed by atoms with Crippen LogP contribution in [0.4, 0.5) is 5.82 Å². The minimum absolute atomic E-state index is 0.317. The fraction of sp³-hybridized carbons (Fsp3) is 0.250. The second kappa shape index (κ2) is 5.57. The predicted molar refractivity (Wildman–Crippen MR) is 77.8 cm³/mol. The Kier molecular flexibility index (Phi) is 3.83. The first-order chi connectivity index (χ1) is 9.90. The highest BCUT2D eigenvalue weighted by atomic mass is 16.2. The number of imidazole rings is 1. The van der Waals surface area contributed by atoms with E-state index in [1.807, 2.05) is 7.05 Å². The Bertz CT molecular complexity index is 859. The molecule has 0 amide bonds. The summed E-state index contributed by atoms with van der Waals surface area (Å²) in [6.45, 7) is 1.65. The van der Waals surface area contributed by atoms with Gasteiger partial charge in [0.1, 0.15) is 11.8 Å². The molecule has 0 aliphatic rings. The van der Waals surface area contributed by atoms with E-state index >= 15 is 0 Å². The Balaban J connectivity index is 0.000000155. The van der Waals surface area contributed by atoms with E-state index in [0.29, 0.717) is 16.9 Å². The summed E-state index contributed by atoms with van der Waals surface area (Å²) in [6, 6.07) is 0. The number of nitrogens with zero attached hydrogens (tertiary/aromatic N) is 5. The molecule has 9 nitrogen and oxygen atoms in total. The SMILES string of the molecule is Cc1cn(C)c(=O)[nH]c1=O.Cn1cnc2c(N)ncnc21. The summed E-state index contributed by atoms with van der Waals surface area (Å²) in [5.41, 5.74) is 6.81. The molecule has 0 atom stereocenters. The van der Waals surface area contributed by atoms with Crippen LogP contribution in [0.1, 0.15) is 5.56 Å². The van der Waals surface area contributed by atoms with Crippen molar-refractivity contribution in [1.29, 1.82) is 0 Å². The standard InChI is InChI=1S/C6H7N5.C6H8N2O2/c1-11-3-10-4-5(7)8-2-9-6(4)11;1-4-3-8(2)6(10)7-5(4)9/h2-3H,1H3,(H2,7,8,9);3H,1-2H3,(H,7,9,10). The lowest BCUT2D eigenvalue weighted by atomic mass is 10.4. The van der Waals surface area contributed by atoms with E-state index in [0.717, 1.165) is 5.65 Å². The quantitative estimate of drug-likeness (QED) is 0.565. The van der Waals surface area contributed by atoms with Gasteiger partial charge in [0, 0.05) is 25.9 Å². The van der Waals surface area contributed by atoms with Crippen LogP contribution in [-0.4, -0.2) is 29.1 Å².